The molecule has 1 heterocycles. The van der Waals surface area contributed by atoms with Gasteiger partial charge in [0, 0.05) is 49.3 Å². The molecule has 0 radical (unpaired) electrons. The molecule has 3 rings (SSSR count). The second kappa shape index (κ2) is 8.86. The zero-order chi connectivity index (χ0) is 17.6. The fourth-order valence-electron chi connectivity index (χ4n) is 2.89. The quantitative estimate of drug-likeness (QED) is 0.784. The van der Waals surface area contributed by atoms with Gasteiger partial charge in [-0.1, -0.05) is 59.6 Å². The SMILES string of the molecule is S=C(NCc1ccccc1)N1CCN(Cc2ccc(Cl)cc2Cl)CC1. The summed E-state index contributed by atoms with van der Waals surface area (Å²) in [4.78, 5) is 4.63. The molecule has 0 bridgehead atoms. The van der Waals surface area contributed by atoms with E-state index in [1.807, 2.05) is 30.3 Å². The fourth-order valence-corrected chi connectivity index (χ4v) is 3.61. The van der Waals surface area contributed by atoms with Gasteiger partial charge in [0.2, 0.25) is 0 Å². The maximum atomic E-state index is 6.28. The second-order valence-corrected chi connectivity index (χ2v) is 7.37. The molecule has 2 aromatic carbocycles. The lowest BCUT2D eigenvalue weighted by molar-refractivity contribution is 0.174. The van der Waals surface area contributed by atoms with E-state index >= 15 is 0 Å². The lowest BCUT2D eigenvalue weighted by Gasteiger charge is -2.36. The Bertz CT molecular complexity index is 716. The van der Waals surface area contributed by atoms with E-state index in [4.69, 9.17) is 35.4 Å². The van der Waals surface area contributed by atoms with Crippen LogP contribution in [0.1, 0.15) is 11.1 Å². The predicted molar refractivity (Wildman–Crippen MR) is 109 cm³/mol. The Morgan fingerprint density at radius 3 is 2.40 bits per heavy atom. The lowest BCUT2D eigenvalue weighted by Crippen LogP contribution is -2.51. The summed E-state index contributed by atoms with van der Waals surface area (Å²) in [6.45, 7) is 5.38. The zero-order valence-corrected chi connectivity index (χ0v) is 16.2. The number of benzene rings is 2. The van der Waals surface area contributed by atoms with Crippen molar-refractivity contribution in [3.05, 3.63) is 69.7 Å². The van der Waals surface area contributed by atoms with Crippen molar-refractivity contribution in [3.63, 3.8) is 0 Å². The molecule has 0 amide bonds. The highest BCUT2D eigenvalue weighted by atomic mass is 35.5. The van der Waals surface area contributed by atoms with Crippen LogP contribution in [0.15, 0.2) is 48.5 Å². The Hall–Kier alpha value is -1.33. The van der Waals surface area contributed by atoms with E-state index in [9.17, 15) is 0 Å². The Morgan fingerprint density at radius 2 is 1.72 bits per heavy atom. The Kier molecular flexibility index (Phi) is 6.54. The minimum Gasteiger partial charge on any atom is -0.358 e. The number of thiocarbonyl (C=S) groups is 1. The van der Waals surface area contributed by atoms with Gasteiger partial charge in [0.15, 0.2) is 5.11 Å². The summed E-state index contributed by atoms with van der Waals surface area (Å²) in [5, 5.41) is 5.58. The predicted octanol–water partition coefficient (Wildman–Crippen LogP) is 4.19. The van der Waals surface area contributed by atoms with Crippen LogP contribution in [-0.2, 0) is 13.1 Å². The van der Waals surface area contributed by atoms with Gasteiger partial charge in [-0.3, -0.25) is 4.90 Å². The third-order valence-corrected chi connectivity index (χ3v) is 5.34. The molecule has 132 valence electrons. The van der Waals surface area contributed by atoms with Crippen LogP contribution in [0.25, 0.3) is 0 Å². The number of rotatable bonds is 4. The monoisotopic (exact) mass is 393 g/mol. The van der Waals surface area contributed by atoms with Crippen molar-refractivity contribution in [2.45, 2.75) is 13.1 Å². The Labute approximate surface area is 164 Å². The first-order valence-corrected chi connectivity index (χ1v) is 9.51. The molecule has 0 aromatic heterocycles. The van der Waals surface area contributed by atoms with Gasteiger partial charge >= 0.3 is 0 Å². The minimum atomic E-state index is 0.674. The van der Waals surface area contributed by atoms with Crippen molar-refractivity contribution in [2.24, 2.45) is 0 Å². The topological polar surface area (TPSA) is 18.5 Å². The largest absolute Gasteiger partial charge is 0.358 e. The van der Waals surface area contributed by atoms with Crippen molar-refractivity contribution >= 4 is 40.5 Å². The van der Waals surface area contributed by atoms with Gasteiger partial charge in [-0.05, 0) is 35.5 Å². The van der Waals surface area contributed by atoms with E-state index in [0.29, 0.717) is 5.02 Å². The molecule has 2 aromatic rings. The molecule has 1 N–H and O–H groups in total. The molecule has 0 spiro atoms. The summed E-state index contributed by atoms with van der Waals surface area (Å²) in [7, 11) is 0. The standard InChI is InChI=1S/C19H21Cl2N3S/c20-17-7-6-16(18(21)12-17)14-23-8-10-24(11-9-23)19(25)22-13-15-4-2-1-3-5-15/h1-7,12H,8-11,13-14H2,(H,22,25). The highest BCUT2D eigenvalue weighted by Crippen LogP contribution is 2.22. The summed E-state index contributed by atoms with van der Waals surface area (Å²) in [6, 6.07) is 16.0. The van der Waals surface area contributed by atoms with Gasteiger partial charge in [-0.25, -0.2) is 0 Å². The van der Waals surface area contributed by atoms with Gasteiger partial charge in [-0.2, -0.15) is 0 Å². The number of halogens is 2. The van der Waals surface area contributed by atoms with Crippen LogP contribution in [0.5, 0.6) is 0 Å². The summed E-state index contributed by atoms with van der Waals surface area (Å²) in [5.41, 5.74) is 2.35. The van der Waals surface area contributed by atoms with Crippen molar-refractivity contribution < 1.29 is 0 Å². The highest BCUT2D eigenvalue weighted by molar-refractivity contribution is 7.80. The average molecular weight is 394 g/mol. The van der Waals surface area contributed by atoms with Crippen molar-refractivity contribution in [1.29, 1.82) is 0 Å². The molecule has 25 heavy (non-hydrogen) atoms. The molecule has 0 unspecified atom stereocenters. The van der Waals surface area contributed by atoms with Crippen molar-refractivity contribution in [2.75, 3.05) is 26.2 Å². The van der Waals surface area contributed by atoms with E-state index in [2.05, 4.69) is 27.2 Å². The van der Waals surface area contributed by atoms with Gasteiger partial charge in [-0.15, -0.1) is 0 Å². The van der Waals surface area contributed by atoms with Crippen LogP contribution in [0.4, 0.5) is 0 Å². The number of hydrogen-bond acceptors (Lipinski definition) is 2. The van der Waals surface area contributed by atoms with Gasteiger partial charge < -0.3 is 10.2 Å². The van der Waals surface area contributed by atoms with E-state index in [1.165, 1.54) is 5.56 Å². The molecular weight excluding hydrogens is 373 g/mol. The zero-order valence-electron chi connectivity index (χ0n) is 13.9. The maximum absolute atomic E-state index is 6.28. The normalized spacial score (nSPS) is 15.2. The summed E-state index contributed by atoms with van der Waals surface area (Å²) in [5.74, 6) is 0. The summed E-state index contributed by atoms with van der Waals surface area (Å²) < 4.78 is 0. The van der Waals surface area contributed by atoms with Crippen LogP contribution in [0, 0.1) is 0 Å². The molecule has 6 heteroatoms. The van der Waals surface area contributed by atoms with E-state index in [-0.39, 0.29) is 0 Å². The molecule has 1 aliphatic heterocycles. The Morgan fingerprint density at radius 1 is 1.00 bits per heavy atom. The molecule has 0 atom stereocenters. The lowest BCUT2D eigenvalue weighted by atomic mass is 10.2. The smallest absolute Gasteiger partial charge is 0.169 e. The van der Waals surface area contributed by atoms with Gasteiger partial charge in [0.25, 0.3) is 0 Å². The fraction of sp³-hybridized carbons (Fsp3) is 0.316. The van der Waals surface area contributed by atoms with Crippen LogP contribution in [0.3, 0.4) is 0 Å². The van der Waals surface area contributed by atoms with Crippen molar-refractivity contribution in [3.8, 4) is 0 Å². The number of nitrogens with zero attached hydrogens (tertiary/aromatic N) is 2. The average Bonchev–Trinajstić information content (AvgIpc) is 2.63. The molecule has 1 aliphatic rings. The van der Waals surface area contributed by atoms with E-state index in [1.54, 1.807) is 6.07 Å². The number of hydrogen-bond donors (Lipinski definition) is 1. The third-order valence-electron chi connectivity index (χ3n) is 4.36. The van der Waals surface area contributed by atoms with Gasteiger partial charge in [0.05, 0.1) is 0 Å². The number of piperazine rings is 1. The molecule has 3 nitrogen and oxygen atoms in total. The molecule has 0 aliphatic carbocycles. The van der Waals surface area contributed by atoms with Gasteiger partial charge in [0.1, 0.15) is 0 Å². The van der Waals surface area contributed by atoms with Crippen LogP contribution in [0.2, 0.25) is 10.0 Å². The Balaban J connectivity index is 1.45. The molecule has 1 saturated heterocycles. The molecule has 0 saturated carbocycles. The first kappa shape index (κ1) is 18.5. The first-order valence-electron chi connectivity index (χ1n) is 8.35. The molecular formula is C19H21Cl2N3S. The summed E-state index contributed by atoms with van der Waals surface area (Å²) >= 11 is 17.8. The van der Waals surface area contributed by atoms with Crippen LogP contribution < -0.4 is 5.32 Å². The van der Waals surface area contributed by atoms with Crippen LogP contribution >= 0.6 is 35.4 Å². The van der Waals surface area contributed by atoms with Crippen molar-refractivity contribution in [1.82, 2.24) is 15.1 Å². The minimum absolute atomic E-state index is 0.674. The maximum Gasteiger partial charge on any atom is 0.169 e. The highest BCUT2D eigenvalue weighted by Gasteiger charge is 2.19. The van der Waals surface area contributed by atoms with E-state index < -0.39 is 0 Å². The summed E-state index contributed by atoms with van der Waals surface area (Å²) in [6.07, 6.45) is 0. The number of nitrogens with one attached hydrogen (secondary N) is 1. The molecule has 1 fully saturated rings. The second-order valence-electron chi connectivity index (χ2n) is 6.14. The van der Waals surface area contributed by atoms with E-state index in [0.717, 1.165) is 55.0 Å². The third kappa shape index (κ3) is 5.32. The van der Waals surface area contributed by atoms with Crippen LogP contribution in [-0.4, -0.2) is 41.1 Å². The first-order chi connectivity index (χ1) is 12.1.